The summed E-state index contributed by atoms with van der Waals surface area (Å²) >= 11 is 6.52. The average molecular weight is 428 g/mol. The molecule has 1 amide bonds. The van der Waals surface area contributed by atoms with Gasteiger partial charge in [-0.25, -0.2) is 8.42 Å². The lowest BCUT2D eigenvalue weighted by Gasteiger charge is -2.20. The topological polar surface area (TPSA) is 66.5 Å². The van der Waals surface area contributed by atoms with Crippen LogP contribution in [0.3, 0.4) is 0 Å². The van der Waals surface area contributed by atoms with E-state index >= 15 is 0 Å². The lowest BCUT2D eigenvalue weighted by Crippen LogP contribution is -2.40. The second-order valence-corrected chi connectivity index (χ2v) is 7.64. The van der Waals surface area contributed by atoms with Gasteiger partial charge in [-0.15, -0.1) is 0 Å². The van der Waals surface area contributed by atoms with Crippen LogP contribution in [0.15, 0.2) is 32.0 Å². The van der Waals surface area contributed by atoms with Crippen LogP contribution in [-0.2, 0) is 14.8 Å². The van der Waals surface area contributed by atoms with Crippen molar-refractivity contribution in [3.05, 3.63) is 27.1 Å². The first-order chi connectivity index (χ1) is 9.32. The number of sulfonamides is 1. The summed E-state index contributed by atoms with van der Waals surface area (Å²) in [6, 6.07) is 4.81. The fraction of sp³-hybridized carbons (Fsp3) is 0.417. The number of nitrogens with zero attached hydrogens (tertiary/aromatic N) is 1. The summed E-state index contributed by atoms with van der Waals surface area (Å²) in [5.41, 5.74) is 0. The molecule has 0 radical (unpaired) electrons. The zero-order valence-corrected chi connectivity index (χ0v) is 15.2. The van der Waals surface area contributed by atoms with Gasteiger partial charge in [0.2, 0.25) is 15.9 Å². The van der Waals surface area contributed by atoms with E-state index < -0.39 is 10.0 Å². The molecule has 20 heavy (non-hydrogen) atoms. The fourth-order valence-corrected chi connectivity index (χ4v) is 4.71. The summed E-state index contributed by atoms with van der Waals surface area (Å²) in [6.07, 6.45) is 0. The number of carbonyl (C=O) groups excluding carboxylic acids is 1. The number of hydrogen-bond acceptors (Lipinski definition) is 3. The van der Waals surface area contributed by atoms with Crippen LogP contribution < -0.4 is 5.32 Å². The predicted molar refractivity (Wildman–Crippen MR) is 85.0 cm³/mol. The molecule has 0 spiro atoms. The van der Waals surface area contributed by atoms with Crippen LogP contribution >= 0.6 is 31.9 Å². The third-order valence-electron chi connectivity index (χ3n) is 2.56. The Morgan fingerprint density at radius 1 is 1.30 bits per heavy atom. The summed E-state index contributed by atoms with van der Waals surface area (Å²) in [7, 11) is -3.71. The number of rotatable bonds is 6. The minimum Gasteiger partial charge on any atom is -0.355 e. The van der Waals surface area contributed by atoms with Crippen molar-refractivity contribution in [3.63, 3.8) is 0 Å². The molecule has 1 aromatic carbocycles. The maximum atomic E-state index is 12.5. The van der Waals surface area contributed by atoms with Crippen molar-refractivity contribution in [1.29, 1.82) is 0 Å². The largest absolute Gasteiger partial charge is 0.355 e. The quantitative estimate of drug-likeness (QED) is 0.757. The molecule has 1 aromatic rings. The van der Waals surface area contributed by atoms with Gasteiger partial charge in [0.1, 0.15) is 0 Å². The molecule has 5 nitrogen and oxygen atoms in total. The molecule has 0 heterocycles. The van der Waals surface area contributed by atoms with E-state index in [4.69, 9.17) is 0 Å². The second-order valence-electron chi connectivity index (χ2n) is 3.96. The molecule has 8 heteroatoms. The molecular formula is C12H16Br2N2O3S. The van der Waals surface area contributed by atoms with E-state index in [1.54, 1.807) is 26.0 Å². The van der Waals surface area contributed by atoms with Gasteiger partial charge in [0.05, 0.1) is 11.4 Å². The van der Waals surface area contributed by atoms with Gasteiger partial charge < -0.3 is 5.32 Å². The van der Waals surface area contributed by atoms with Crippen molar-refractivity contribution in [3.8, 4) is 0 Å². The Morgan fingerprint density at radius 2 is 1.95 bits per heavy atom. The van der Waals surface area contributed by atoms with Gasteiger partial charge in [0, 0.05) is 22.0 Å². The molecule has 0 saturated heterocycles. The van der Waals surface area contributed by atoms with E-state index in [-0.39, 0.29) is 23.9 Å². The van der Waals surface area contributed by atoms with Crippen LogP contribution in [0.1, 0.15) is 13.8 Å². The Labute approximate surface area is 136 Å². The Kier molecular flexibility index (Phi) is 6.63. The molecule has 0 fully saturated rings. The Morgan fingerprint density at radius 3 is 2.45 bits per heavy atom. The summed E-state index contributed by atoms with van der Waals surface area (Å²) in [6.45, 7) is 3.99. The van der Waals surface area contributed by atoms with Crippen molar-refractivity contribution in [2.75, 3.05) is 19.6 Å². The van der Waals surface area contributed by atoms with Gasteiger partial charge in [-0.1, -0.05) is 22.9 Å². The molecule has 0 aromatic heterocycles. The number of nitrogens with one attached hydrogen (secondary N) is 1. The zero-order chi connectivity index (χ0) is 15.3. The lowest BCUT2D eigenvalue weighted by atomic mass is 10.4. The first-order valence-electron chi connectivity index (χ1n) is 6.04. The minimum absolute atomic E-state index is 0.145. The summed E-state index contributed by atoms with van der Waals surface area (Å²) in [5, 5.41) is 2.59. The van der Waals surface area contributed by atoms with E-state index in [0.717, 1.165) is 8.78 Å². The number of benzene rings is 1. The normalized spacial score (nSPS) is 11.7. The van der Waals surface area contributed by atoms with Crippen LogP contribution in [0.4, 0.5) is 0 Å². The average Bonchev–Trinajstić information content (AvgIpc) is 2.35. The predicted octanol–water partition coefficient (Wildman–Crippen LogP) is 2.36. The number of hydrogen-bond donors (Lipinski definition) is 1. The molecular weight excluding hydrogens is 412 g/mol. The van der Waals surface area contributed by atoms with Gasteiger partial charge >= 0.3 is 0 Å². The van der Waals surface area contributed by atoms with Crippen LogP contribution in [0, 0.1) is 0 Å². The number of carbonyl (C=O) groups is 1. The molecule has 0 bridgehead atoms. The first-order valence-corrected chi connectivity index (χ1v) is 9.07. The highest BCUT2D eigenvalue weighted by atomic mass is 79.9. The second kappa shape index (κ2) is 7.53. The van der Waals surface area contributed by atoms with Gasteiger partial charge in [-0.2, -0.15) is 4.31 Å². The SMILES string of the molecule is CCNC(=O)CN(CC)S(=O)(=O)c1ccc(Br)cc1Br. The van der Waals surface area contributed by atoms with Gasteiger partial charge in [-0.05, 0) is 41.1 Å². The Hall–Kier alpha value is -0.440. The molecule has 0 aliphatic heterocycles. The zero-order valence-electron chi connectivity index (χ0n) is 11.2. The number of amides is 1. The molecule has 0 saturated carbocycles. The van der Waals surface area contributed by atoms with Crippen LogP contribution in [-0.4, -0.2) is 38.3 Å². The first kappa shape index (κ1) is 17.6. The van der Waals surface area contributed by atoms with Crippen molar-refractivity contribution in [1.82, 2.24) is 9.62 Å². The maximum absolute atomic E-state index is 12.5. The third kappa shape index (κ3) is 4.28. The van der Waals surface area contributed by atoms with Gasteiger partial charge in [0.15, 0.2) is 0 Å². The van der Waals surface area contributed by atoms with E-state index in [0.29, 0.717) is 11.0 Å². The number of likely N-dealkylation sites (N-methyl/N-ethyl adjacent to an activating group) is 2. The smallest absolute Gasteiger partial charge is 0.244 e. The monoisotopic (exact) mass is 426 g/mol. The minimum atomic E-state index is -3.71. The molecule has 1 rings (SSSR count). The molecule has 112 valence electrons. The van der Waals surface area contributed by atoms with Crippen molar-refractivity contribution < 1.29 is 13.2 Å². The lowest BCUT2D eigenvalue weighted by molar-refractivity contribution is -0.121. The number of halogens is 2. The van der Waals surface area contributed by atoms with E-state index in [2.05, 4.69) is 37.2 Å². The van der Waals surface area contributed by atoms with Crippen LogP contribution in [0.2, 0.25) is 0 Å². The highest BCUT2D eigenvalue weighted by Gasteiger charge is 2.27. The fourth-order valence-electron chi connectivity index (χ4n) is 1.60. The molecule has 0 aliphatic rings. The highest BCUT2D eigenvalue weighted by molar-refractivity contribution is 9.11. The van der Waals surface area contributed by atoms with Crippen LogP contribution in [0.25, 0.3) is 0 Å². The Bertz CT molecular complexity index is 590. The van der Waals surface area contributed by atoms with Crippen molar-refractivity contribution >= 4 is 47.8 Å². The van der Waals surface area contributed by atoms with Crippen LogP contribution in [0.5, 0.6) is 0 Å². The molecule has 0 aliphatic carbocycles. The highest BCUT2D eigenvalue weighted by Crippen LogP contribution is 2.27. The third-order valence-corrected chi connectivity index (χ3v) is 5.95. The van der Waals surface area contributed by atoms with E-state index in [9.17, 15) is 13.2 Å². The van der Waals surface area contributed by atoms with Crippen molar-refractivity contribution in [2.45, 2.75) is 18.7 Å². The molecule has 0 atom stereocenters. The maximum Gasteiger partial charge on any atom is 0.244 e. The summed E-state index contributed by atoms with van der Waals surface area (Å²) < 4.78 is 27.4. The van der Waals surface area contributed by atoms with E-state index in [1.165, 1.54) is 6.07 Å². The van der Waals surface area contributed by atoms with Gasteiger partial charge in [0.25, 0.3) is 0 Å². The standard InChI is InChI=1S/C12H16Br2N2O3S/c1-3-15-12(17)8-16(4-2)20(18,19)11-6-5-9(13)7-10(11)14/h5-7H,3-4,8H2,1-2H3,(H,15,17). The molecule has 1 N–H and O–H groups in total. The van der Waals surface area contributed by atoms with Gasteiger partial charge in [-0.3, -0.25) is 4.79 Å². The Balaban J connectivity index is 3.09. The van der Waals surface area contributed by atoms with E-state index in [1.807, 2.05) is 0 Å². The summed E-state index contributed by atoms with van der Waals surface area (Å²) in [4.78, 5) is 11.7. The van der Waals surface area contributed by atoms with Crippen molar-refractivity contribution in [2.24, 2.45) is 0 Å². The summed E-state index contributed by atoms with van der Waals surface area (Å²) in [5.74, 6) is -0.314. The molecule has 0 unspecified atom stereocenters.